The summed E-state index contributed by atoms with van der Waals surface area (Å²) in [6.45, 7) is 1.42. The summed E-state index contributed by atoms with van der Waals surface area (Å²) in [6, 6.07) is 0. The van der Waals surface area contributed by atoms with Gasteiger partial charge in [0.05, 0.1) is 0 Å². The van der Waals surface area contributed by atoms with Crippen molar-refractivity contribution in [2.24, 2.45) is 11.1 Å². The number of carboxylic acid groups (broad SMARTS) is 1. The minimum Gasteiger partial charge on any atom is -0.481 e. The zero-order valence-corrected chi connectivity index (χ0v) is 12.8. The van der Waals surface area contributed by atoms with E-state index in [0.29, 0.717) is 32.4 Å². The molecule has 8 nitrogen and oxygen atoms in total. The molecule has 21 heavy (non-hydrogen) atoms. The topological polar surface area (TPSA) is 130 Å². The zero-order valence-electron chi connectivity index (χ0n) is 12.0. The molecule has 0 aromatic carbocycles. The summed E-state index contributed by atoms with van der Waals surface area (Å²) in [5, 5.41) is 13.4. The number of carboxylic acids is 1. The molecular formula is C12H23N3O5S. The third kappa shape index (κ3) is 7.98. The van der Waals surface area contributed by atoms with E-state index in [4.69, 9.17) is 10.2 Å². The standard InChI is InChI=1S/C12H23N3O5S/c13-21(19,20)14-8-10-4-3-7-15(9-10)11(16)5-1-2-6-12(17)18/h10,14H,1-9H2,(H,17,18)(H2,13,19,20). The van der Waals surface area contributed by atoms with E-state index in [1.807, 2.05) is 0 Å². The Hall–Kier alpha value is -1.19. The van der Waals surface area contributed by atoms with Crippen molar-refractivity contribution in [3.63, 3.8) is 0 Å². The van der Waals surface area contributed by atoms with E-state index in [2.05, 4.69) is 4.72 Å². The van der Waals surface area contributed by atoms with Crippen molar-refractivity contribution in [3.8, 4) is 0 Å². The van der Waals surface area contributed by atoms with Crippen LogP contribution in [-0.4, -0.2) is 49.9 Å². The number of nitrogens with two attached hydrogens (primary N) is 1. The summed E-state index contributed by atoms with van der Waals surface area (Å²) in [6.07, 6.45) is 3.15. The van der Waals surface area contributed by atoms with Gasteiger partial charge in [-0.05, 0) is 31.6 Å². The van der Waals surface area contributed by atoms with Crippen LogP contribution in [0.2, 0.25) is 0 Å². The van der Waals surface area contributed by atoms with Crippen molar-refractivity contribution in [1.82, 2.24) is 9.62 Å². The summed E-state index contributed by atoms with van der Waals surface area (Å²) >= 11 is 0. The Balaban J connectivity index is 2.30. The number of nitrogens with zero attached hydrogens (tertiary/aromatic N) is 1. The lowest BCUT2D eigenvalue weighted by molar-refractivity contribution is -0.138. The minimum absolute atomic E-state index is 0.000643. The molecule has 1 aliphatic heterocycles. The van der Waals surface area contributed by atoms with Crippen LogP contribution in [0.15, 0.2) is 0 Å². The number of aliphatic carboxylic acids is 1. The molecule has 1 rings (SSSR count). The lowest BCUT2D eigenvalue weighted by Gasteiger charge is -2.32. The maximum absolute atomic E-state index is 12.0. The number of hydrogen-bond acceptors (Lipinski definition) is 4. The van der Waals surface area contributed by atoms with Crippen LogP contribution in [-0.2, 0) is 19.8 Å². The van der Waals surface area contributed by atoms with Crippen molar-refractivity contribution in [2.75, 3.05) is 19.6 Å². The average Bonchev–Trinajstić information content (AvgIpc) is 2.40. The monoisotopic (exact) mass is 321 g/mol. The van der Waals surface area contributed by atoms with Gasteiger partial charge in [-0.3, -0.25) is 9.59 Å². The predicted octanol–water partition coefficient (Wildman–Crippen LogP) is -0.337. The molecule has 0 aromatic rings. The number of likely N-dealkylation sites (tertiary alicyclic amines) is 1. The number of nitrogens with one attached hydrogen (secondary N) is 1. The highest BCUT2D eigenvalue weighted by Crippen LogP contribution is 2.17. The van der Waals surface area contributed by atoms with E-state index in [1.54, 1.807) is 4.90 Å². The zero-order chi connectivity index (χ0) is 15.9. The van der Waals surface area contributed by atoms with Crippen LogP contribution >= 0.6 is 0 Å². The van der Waals surface area contributed by atoms with E-state index in [1.165, 1.54) is 0 Å². The van der Waals surface area contributed by atoms with Crippen molar-refractivity contribution >= 4 is 22.1 Å². The highest BCUT2D eigenvalue weighted by atomic mass is 32.2. The van der Waals surface area contributed by atoms with Gasteiger partial charge in [-0.1, -0.05) is 0 Å². The fraction of sp³-hybridized carbons (Fsp3) is 0.833. The Morgan fingerprint density at radius 3 is 2.57 bits per heavy atom. The molecule has 1 aliphatic rings. The number of carbonyl (C=O) groups is 2. The molecule has 1 fully saturated rings. The van der Waals surface area contributed by atoms with Gasteiger partial charge in [0.1, 0.15) is 0 Å². The largest absolute Gasteiger partial charge is 0.481 e. The molecule has 0 bridgehead atoms. The fourth-order valence-corrected chi connectivity index (χ4v) is 2.87. The molecule has 1 amide bonds. The van der Waals surface area contributed by atoms with Crippen molar-refractivity contribution in [1.29, 1.82) is 0 Å². The third-order valence-corrected chi connectivity index (χ3v) is 4.05. The van der Waals surface area contributed by atoms with Gasteiger partial charge in [0.25, 0.3) is 10.2 Å². The average molecular weight is 321 g/mol. The van der Waals surface area contributed by atoms with Gasteiger partial charge < -0.3 is 10.0 Å². The summed E-state index contributed by atoms with van der Waals surface area (Å²) in [5.74, 6) is -0.782. The SMILES string of the molecule is NS(=O)(=O)NCC1CCCN(C(=O)CCCCC(=O)O)C1. The summed E-state index contributed by atoms with van der Waals surface area (Å²) in [7, 11) is -3.70. The quantitative estimate of drug-likeness (QED) is 0.527. The Kier molecular flexibility index (Phi) is 7.06. The Bertz CT molecular complexity index is 466. The molecule has 0 aliphatic carbocycles. The fourth-order valence-electron chi connectivity index (χ4n) is 2.40. The first-order chi connectivity index (χ1) is 9.78. The molecule has 0 saturated carbocycles. The smallest absolute Gasteiger partial charge is 0.303 e. The second-order valence-corrected chi connectivity index (χ2v) is 6.72. The Morgan fingerprint density at radius 2 is 1.95 bits per heavy atom. The Labute approximate surface area is 124 Å². The summed E-state index contributed by atoms with van der Waals surface area (Å²) < 4.78 is 24.0. The van der Waals surface area contributed by atoms with Gasteiger partial charge in [0.15, 0.2) is 0 Å². The van der Waals surface area contributed by atoms with Gasteiger partial charge >= 0.3 is 5.97 Å². The number of piperidine rings is 1. The molecule has 0 aromatic heterocycles. The van der Waals surface area contributed by atoms with Gasteiger partial charge in [-0.2, -0.15) is 8.42 Å². The lowest BCUT2D eigenvalue weighted by atomic mass is 9.98. The van der Waals surface area contributed by atoms with E-state index in [0.717, 1.165) is 12.8 Å². The molecule has 1 heterocycles. The molecule has 1 saturated heterocycles. The molecule has 1 unspecified atom stereocenters. The maximum Gasteiger partial charge on any atom is 0.303 e. The van der Waals surface area contributed by atoms with Crippen LogP contribution in [0.25, 0.3) is 0 Å². The molecule has 1 atom stereocenters. The second-order valence-electron chi connectivity index (χ2n) is 5.34. The number of unbranched alkanes of at least 4 members (excludes halogenated alkanes) is 1. The van der Waals surface area contributed by atoms with E-state index in [-0.39, 0.29) is 24.8 Å². The maximum atomic E-state index is 12.0. The normalized spacial score (nSPS) is 19.5. The van der Waals surface area contributed by atoms with E-state index < -0.39 is 16.2 Å². The van der Waals surface area contributed by atoms with Crippen LogP contribution in [0.4, 0.5) is 0 Å². The second kappa shape index (κ2) is 8.30. The van der Waals surface area contributed by atoms with E-state index in [9.17, 15) is 18.0 Å². The number of hydrogen-bond donors (Lipinski definition) is 3. The molecule has 4 N–H and O–H groups in total. The highest BCUT2D eigenvalue weighted by molar-refractivity contribution is 7.87. The molecular weight excluding hydrogens is 298 g/mol. The van der Waals surface area contributed by atoms with Gasteiger partial charge in [0.2, 0.25) is 5.91 Å². The lowest BCUT2D eigenvalue weighted by Crippen LogP contribution is -2.44. The van der Waals surface area contributed by atoms with Crippen molar-refractivity contribution in [3.05, 3.63) is 0 Å². The van der Waals surface area contributed by atoms with Crippen molar-refractivity contribution in [2.45, 2.75) is 38.5 Å². The number of amides is 1. The van der Waals surface area contributed by atoms with Crippen molar-refractivity contribution < 1.29 is 23.1 Å². The summed E-state index contributed by atoms with van der Waals surface area (Å²) in [5.41, 5.74) is 0. The predicted molar refractivity (Wildman–Crippen MR) is 76.5 cm³/mol. The first-order valence-electron chi connectivity index (χ1n) is 7.05. The van der Waals surface area contributed by atoms with Crippen LogP contribution in [0, 0.1) is 5.92 Å². The molecule has 122 valence electrons. The van der Waals surface area contributed by atoms with Crippen LogP contribution in [0.1, 0.15) is 38.5 Å². The number of rotatable bonds is 8. The van der Waals surface area contributed by atoms with E-state index >= 15 is 0 Å². The molecule has 0 radical (unpaired) electrons. The molecule has 9 heteroatoms. The van der Waals surface area contributed by atoms with Gasteiger partial charge in [-0.25, -0.2) is 9.86 Å². The van der Waals surface area contributed by atoms with Crippen LogP contribution < -0.4 is 9.86 Å². The number of carbonyl (C=O) groups excluding carboxylic acids is 1. The Morgan fingerprint density at radius 1 is 1.29 bits per heavy atom. The van der Waals surface area contributed by atoms with Crippen LogP contribution in [0.5, 0.6) is 0 Å². The van der Waals surface area contributed by atoms with Crippen LogP contribution in [0.3, 0.4) is 0 Å². The minimum atomic E-state index is -3.70. The third-order valence-electron chi connectivity index (χ3n) is 3.48. The highest BCUT2D eigenvalue weighted by Gasteiger charge is 2.23. The summed E-state index contributed by atoms with van der Waals surface area (Å²) in [4.78, 5) is 24.1. The van der Waals surface area contributed by atoms with Gasteiger partial charge in [0, 0.05) is 32.5 Å². The molecule has 0 spiro atoms. The first-order valence-corrected chi connectivity index (χ1v) is 8.59. The van der Waals surface area contributed by atoms with Gasteiger partial charge in [-0.15, -0.1) is 0 Å². The first kappa shape index (κ1) is 17.9.